The zero-order valence-electron chi connectivity index (χ0n) is 11.8. The fraction of sp³-hybridized carbons (Fsp3) is 0.0714. The second kappa shape index (κ2) is 7.50. The number of rotatable bonds is 5. The largest absolute Gasteiger partial charge is 0.467 e. The standard InChI is InChI=1S/C14H12N4O5/c19-13(15-9-12-2-1-7-23-12)14(20)17-16-8-10-3-5-11(6-4-10)18(21)22/h1-8H,9H2,(H,15,19)(H,17,20)/b16-8-. The van der Waals surface area contributed by atoms with Crippen molar-refractivity contribution < 1.29 is 18.9 Å². The second-order valence-electron chi connectivity index (χ2n) is 4.31. The van der Waals surface area contributed by atoms with Crippen molar-refractivity contribution in [2.45, 2.75) is 6.54 Å². The second-order valence-corrected chi connectivity index (χ2v) is 4.31. The Morgan fingerprint density at radius 3 is 2.57 bits per heavy atom. The molecule has 1 heterocycles. The van der Waals surface area contributed by atoms with Gasteiger partial charge in [-0.2, -0.15) is 5.10 Å². The Balaban J connectivity index is 1.80. The van der Waals surface area contributed by atoms with Crippen molar-refractivity contribution >= 4 is 23.7 Å². The van der Waals surface area contributed by atoms with E-state index in [-0.39, 0.29) is 12.2 Å². The number of carbonyl (C=O) groups excluding carboxylic acids is 2. The average Bonchev–Trinajstić information content (AvgIpc) is 3.06. The maximum Gasteiger partial charge on any atom is 0.329 e. The number of hydrogen-bond donors (Lipinski definition) is 2. The highest BCUT2D eigenvalue weighted by Gasteiger charge is 2.12. The Hall–Kier alpha value is -3.49. The molecule has 0 saturated heterocycles. The highest BCUT2D eigenvalue weighted by Crippen LogP contribution is 2.10. The number of nitro benzene ring substituents is 1. The summed E-state index contributed by atoms with van der Waals surface area (Å²) in [4.78, 5) is 32.9. The number of hydrazone groups is 1. The predicted molar refractivity (Wildman–Crippen MR) is 79.4 cm³/mol. The summed E-state index contributed by atoms with van der Waals surface area (Å²) in [6.45, 7) is 0.0886. The molecule has 2 N–H and O–H groups in total. The van der Waals surface area contributed by atoms with Crippen LogP contribution in [-0.4, -0.2) is 23.0 Å². The van der Waals surface area contributed by atoms with Gasteiger partial charge in [0, 0.05) is 12.1 Å². The average molecular weight is 316 g/mol. The summed E-state index contributed by atoms with van der Waals surface area (Å²) in [5.74, 6) is -1.28. The number of nitrogens with zero attached hydrogens (tertiary/aromatic N) is 2. The SMILES string of the molecule is O=C(NCc1ccco1)C(=O)N/N=C\c1ccc([N+](=O)[O-])cc1. The van der Waals surface area contributed by atoms with Gasteiger partial charge >= 0.3 is 11.8 Å². The van der Waals surface area contributed by atoms with Crippen LogP contribution in [0.3, 0.4) is 0 Å². The topological polar surface area (TPSA) is 127 Å². The molecule has 9 nitrogen and oxygen atoms in total. The highest BCUT2D eigenvalue weighted by molar-refractivity contribution is 6.35. The van der Waals surface area contributed by atoms with Gasteiger partial charge in [0.1, 0.15) is 5.76 Å². The summed E-state index contributed by atoms with van der Waals surface area (Å²) in [7, 11) is 0. The molecule has 0 unspecified atom stereocenters. The lowest BCUT2D eigenvalue weighted by Crippen LogP contribution is -2.37. The van der Waals surface area contributed by atoms with Crippen LogP contribution >= 0.6 is 0 Å². The van der Waals surface area contributed by atoms with Crippen LogP contribution in [0.25, 0.3) is 0 Å². The highest BCUT2D eigenvalue weighted by atomic mass is 16.6. The molecule has 0 radical (unpaired) electrons. The molecule has 2 amide bonds. The van der Waals surface area contributed by atoms with Crippen molar-refractivity contribution in [2.75, 3.05) is 0 Å². The smallest absolute Gasteiger partial charge is 0.329 e. The van der Waals surface area contributed by atoms with Crippen molar-refractivity contribution in [1.29, 1.82) is 0 Å². The molecule has 23 heavy (non-hydrogen) atoms. The summed E-state index contributed by atoms with van der Waals surface area (Å²) in [6.07, 6.45) is 2.72. The Bertz CT molecular complexity index is 722. The lowest BCUT2D eigenvalue weighted by molar-refractivity contribution is -0.384. The van der Waals surface area contributed by atoms with Crippen molar-refractivity contribution in [3.63, 3.8) is 0 Å². The van der Waals surface area contributed by atoms with Crippen molar-refractivity contribution in [1.82, 2.24) is 10.7 Å². The monoisotopic (exact) mass is 316 g/mol. The van der Waals surface area contributed by atoms with E-state index >= 15 is 0 Å². The summed E-state index contributed by atoms with van der Waals surface area (Å²) in [5.41, 5.74) is 2.53. The quantitative estimate of drug-likeness (QED) is 0.367. The van der Waals surface area contributed by atoms with E-state index < -0.39 is 16.7 Å². The van der Waals surface area contributed by atoms with E-state index in [0.29, 0.717) is 11.3 Å². The van der Waals surface area contributed by atoms with E-state index in [9.17, 15) is 19.7 Å². The third-order valence-corrected chi connectivity index (χ3v) is 2.69. The number of furan rings is 1. The van der Waals surface area contributed by atoms with Crippen LogP contribution in [0.2, 0.25) is 0 Å². The Kier molecular flexibility index (Phi) is 5.18. The zero-order valence-corrected chi connectivity index (χ0v) is 11.8. The first-order chi connectivity index (χ1) is 11.1. The molecule has 9 heteroatoms. The summed E-state index contributed by atoms with van der Waals surface area (Å²) in [5, 5.41) is 16.5. The van der Waals surface area contributed by atoms with Gasteiger partial charge < -0.3 is 9.73 Å². The number of nitrogens with one attached hydrogen (secondary N) is 2. The van der Waals surface area contributed by atoms with Gasteiger partial charge in [0.15, 0.2) is 0 Å². The molecule has 0 aliphatic carbocycles. The van der Waals surface area contributed by atoms with Crippen molar-refractivity contribution in [3.8, 4) is 0 Å². The minimum Gasteiger partial charge on any atom is -0.467 e. The third-order valence-electron chi connectivity index (χ3n) is 2.69. The van der Waals surface area contributed by atoms with Crippen LogP contribution in [0, 0.1) is 10.1 Å². The van der Waals surface area contributed by atoms with Crippen LogP contribution in [-0.2, 0) is 16.1 Å². The maximum atomic E-state index is 11.5. The number of amides is 2. The summed E-state index contributed by atoms with van der Waals surface area (Å²) < 4.78 is 5.01. The van der Waals surface area contributed by atoms with Crippen LogP contribution in [0.5, 0.6) is 0 Å². The molecule has 0 spiro atoms. The fourth-order valence-electron chi connectivity index (χ4n) is 1.56. The molecule has 0 saturated carbocycles. The molecule has 1 aromatic carbocycles. The van der Waals surface area contributed by atoms with Crippen molar-refractivity contribution in [3.05, 3.63) is 64.1 Å². The summed E-state index contributed by atoms with van der Waals surface area (Å²) >= 11 is 0. The third kappa shape index (κ3) is 4.77. The normalized spacial score (nSPS) is 10.4. The molecule has 0 aliphatic rings. The number of nitro groups is 1. The van der Waals surface area contributed by atoms with Crippen LogP contribution in [0.15, 0.2) is 52.2 Å². The number of carbonyl (C=O) groups is 2. The van der Waals surface area contributed by atoms with Gasteiger partial charge in [0.05, 0.1) is 23.9 Å². The van der Waals surface area contributed by atoms with E-state index in [1.54, 1.807) is 12.1 Å². The number of hydrogen-bond acceptors (Lipinski definition) is 6. The van der Waals surface area contributed by atoms with E-state index in [4.69, 9.17) is 4.42 Å². The van der Waals surface area contributed by atoms with Crippen LogP contribution in [0.1, 0.15) is 11.3 Å². The minimum atomic E-state index is -0.935. The molecular formula is C14H12N4O5. The first kappa shape index (κ1) is 15.9. The molecule has 0 bridgehead atoms. The van der Waals surface area contributed by atoms with Gasteiger partial charge in [-0.05, 0) is 29.8 Å². The van der Waals surface area contributed by atoms with E-state index in [1.807, 2.05) is 0 Å². The molecule has 0 fully saturated rings. The van der Waals surface area contributed by atoms with E-state index in [2.05, 4.69) is 15.8 Å². The van der Waals surface area contributed by atoms with Gasteiger partial charge in [0.25, 0.3) is 5.69 Å². The van der Waals surface area contributed by atoms with Crippen molar-refractivity contribution in [2.24, 2.45) is 5.10 Å². The summed E-state index contributed by atoms with van der Waals surface area (Å²) in [6, 6.07) is 8.86. The van der Waals surface area contributed by atoms with Crippen LogP contribution < -0.4 is 10.7 Å². The zero-order chi connectivity index (χ0) is 16.7. The van der Waals surface area contributed by atoms with Gasteiger partial charge in [-0.3, -0.25) is 19.7 Å². The maximum absolute atomic E-state index is 11.5. The molecule has 118 valence electrons. The van der Waals surface area contributed by atoms with Gasteiger partial charge in [0.2, 0.25) is 0 Å². The van der Waals surface area contributed by atoms with Gasteiger partial charge in [-0.1, -0.05) is 0 Å². The number of benzene rings is 1. The molecule has 0 atom stereocenters. The van der Waals surface area contributed by atoms with Gasteiger partial charge in [-0.15, -0.1) is 0 Å². The Morgan fingerprint density at radius 2 is 1.96 bits per heavy atom. The Morgan fingerprint density at radius 1 is 1.22 bits per heavy atom. The number of non-ortho nitro benzene ring substituents is 1. The fourth-order valence-corrected chi connectivity index (χ4v) is 1.56. The van der Waals surface area contributed by atoms with Gasteiger partial charge in [-0.25, -0.2) is 5.43 Å². The van der Waals surface area contributed by atoms with Crippen LogP contribution in [0.4, 0.5) is 5.69 Å². The predicted octanol–water partition coefficient (Wildman–Crippen LogP) is 0.954. The lowest BCUT2D eigenvalue weighted by Gasteiger charge is -2.01. The molecule has 2 rings (SSSR count). The first-order valence-corrected chi connectivity index (χ1v) is 6.44. The molecule has 0 aliphatic heterocycles. The van der Waals surface area contributed by atoms with E-state index in [0.717, 1.165) is 0 Å². The molecule has 1 aromatic heterocycles. The molecule has 2 aromatic rings. The minimum absolute atomic E-state index is 0.0523. The Labute approximate surface area is 130 Å². The lowest BCUT2D eigenvalue weighted by atomic mass is 10.2. The molecular weight excluding hydrogens is 304 g/mol. The first-order valence-electron chi connectivity index (χ1n) is 6.44. The van der Waals surface area contributed by atoms with E-state index in [1.165, 1.54) is 36.7 Å².